The number of alkyl halides is 3. The van der Waals surface area contributed by atoms with E-state index < -0.39 is 42.2 Å². The molecule has 37 heavy (non-hydrogen) atoms. The second-order valence-corrected chi connectivity index (χ2v) is 8.44. The molecule has 1 atom stereocenters. The Morgan fingerprint density at radius 1 is 0.946 bits per heavy atom. The Kier molecular flexibility index (Phi) is 9.01. The Bertz CT molecular complexity index is 1300. The van der Waals surface area contributed by atoms with Crippen molar-refractivity contribution in [2.45, 2.75) is 19.2 Å². The van der Waals surface area contributed by atoms with Crippen LogP contribution in [0.25, 0.3) is 0 Å². The van der Waals surface area contributed by atoms with E-state index in [-0.39, 0.29) is 22.0 Å². The first-order chi connectivity index (χ1) is 17.4. The van der Waals surface area contributed by atoms with Gasteiger partial charge in [-0.1, -0.05) is 29.3 Å². The van der Waals surface area contributed by atoms with E-state index in [9.17, 15) is 27.6 Å². The zero-order valence-corrected chi connectivity index (χ0v) is 20.6. The Hall–Kier alpha value is -3.76. The summed E-state index contributed by atoms with van der Waals surface area (Å²) in [5.41, 5.74) is -0.505. The van der Waals surface area contributed by atoms with Gasteiger partial charge >= 0.3 is 12.1 Å². The molecule has 3 aromatic rings. The quantitative estimate of drug-likeness (QED) is 0.323. The van der Waals surface area contributed by atoms with Crippen molar-refractivity contribution in [1.82, 2.24) is 0 Å². The standard InChI is InChI=1S/C25H19Cl2F3N2O5/c1-14(23(34)32-21-10-7-17(26)12-20(21)27)37-24(35)15-5-8-19(9-6-15)36-13-22(33)31-18-4-2-3-16(11-18)25(28,29)30/h2-12,14H,13H2,1H3,(H,31,33)(H,32,34). The number of nitrogens with one attached hydrogen (secondary N) is 2. The summed E-state index contributed by atoms with van der Waals surface area (Å²) in [6.07, 6.45) is -5.68. The second kappa shape index (κ2) is 12.0. The van der Waals surface area contributed by atoms with Crippen LogP contribution in [0.2, 0.25) is 10.0 Å². The third-order valence-electron chi connectivity index (χ3n) is 4.78. The first-order valence-corrected chi connectivity index (χ1v) is 11.3. The van der Waals surface area contributed by atoms with Gasteiger partial charge in [-0.05, 0) is 67.6 Å². The summed E-state index contributed by atoms with van der Waals surface area (Å²) in [5, 5.41) is 5.47. The van der Waals surface area contributed by atoms with Crippen molar-refractivity contribution < 1.29 is 37.0 Å². The van der Waals surface area contributed by atoms with Crippen LogP contribution in [0.5, 0.6) is 5.75 Å². The van der Waals surface area contributed by atoms with Crippen molar-refractivity contribution in [1.29, 1.82) is 0 Å². The zero-order chi connectivity index (χ0) is 27.2. The van der Waals surface area contributed by atoms with Gasteiger partial charge < -0.3 is 20.1 Å². The van der Waals surface area contributed by atoms with Gasteiger partial charge in [0.2, 0.25) is 0 Å². The number of benzene rings is 3. The normalized spacial score (nSPS) is 11.8. The minimum atomic E-state index is -4.54. The van der Waals surface area contributed by atoms with Crippen LogP contribution in [0.4, 0.5) is 24.5 Å². The van der Waals surface area contributed by atoms with E-state index in [2.05, 4.69) is 10.6 Å². The van der Waals surface area contributed by atoms with Gasteiger partial charge in [0.15, 0.2) is 12.7 Å². The monoisotopic (exact) mass is 554 g/mol. The fourth-order valence-electron chi connectivity index (χ4n) is 2.91. The lowest BCUT2D eigenvalue weighted by Gasteiger charge is -2.14. The van der Waals surface area contributed by atoms with Crippen LogP contribution in [0.15, 0.2) is 66.7 Å². The molecule has 3 rings (SSSR count). The predicted molar refractivity (Wildman–Crippen MR) is 132 cm³/mol. The molecule has 12 heteroatoms. The Morgan fingerprint density at radius 3 is 2.30 bits per heavy atom. The van der Waals surface area contributed by atoms with E-state index in [1.54, 1.807) is 6.07 Å². The topological polar surface area (TPSA) is 93.7 Å². The van der Waals surface area contributed by atoms with Crippen LogP contribution in [-0.2, 0) is 20.5 Å². The van der Waals surface area contributed by atoms with Crippen molar-refractivity contribution in [2.75, 3.05) is 17.2 Å². The third kappa shape index (κ3) is 8.12. The number of hydrogen-bond acceptors (Lipinski definition) is 5. The van der Waals surface area contributed by atoms with Crippen LogP contribution in [0.3, 0.4) is 0 Å². The molecule has 0 spiro atoms. The van der Waals surface area contributed by atoms with Gasteiger partial charge in [0.1, 0.15) is 5.75 Å². The van der Waals surface area contributed by atoms with Crippen molar-refractivity contribution in [2.24, 2.45) is 0 Å². The summed E-state index contributed by atoms with van der Waals surface area (Å²) < 4.78 is 48.8. The molecule has 0 aromatic heterocycles. The molecular formula is C25H19Cl2F3N2O5. The SMILES string of the molecule is CC(OC(=O)c1ccc(OCC(=O)Nc2cccc(C(F)(F)F)c2)cc1)C(=O)Nc1ccc(Cl)cc1Cl. The minimum absolute atomic E-state index is 0.0296. The highest BCUT2D eigenvalue weighted by atomic mass is 35.5. The van der Waals surface area contributed by atoms with Gasteiger partial charge in [0.25, 0.3) is 11.8 Å². The lowest BCUT2D eigenvalue weighted by atomic mass is 10.2. The molecule has 0 aliphatic carbocycles. The average molecular weight is 555 g/mol. The number of hydrogen-bond donors (Lipinski definition) is 2. The maximum atomic E-state index is 12.8. The smallest absolute Gasteiger partial charge is 0.416 e. The summed E-state index contributed by atoms with van der Waals surface area (Å²) in [6.45, 7) is 0.905. The number of anilines is 2. The summed E-state index contributed by atoms with van der Waals surface area (Å²) in [7, 11) is 0. The molecule has 0 aliphatic heterocycles. The average Bonchev–Trinajstić information content (AvgIpc) is 2.84. The largest absolute Gasteiger partial charge is 0.484 e. The maximum absolute atomic E-state index is 12.8. The van der Waals surface area contributed by atoms with Crippen molar-refractivity contribution >= 4 is 52.4 Å². The van der Waals surface area contributed by atoms with Gasteiger partial charge in [-0.2, -0.15) is 13.2 Å². The highest BCUT2D eigenvalue weighted by Crippen LogP contribution is 2.30. The molecule has 1 unspecified atom stereocenters. The van der Waals surface area contributed by atoms with Gasteiger partial charge in [-0.3, -0.25) is 9.59 Å². The van der Waals surface area contributed by atoms with Crippen LogP contribution in [0.1, 0.15) is 22.8 Å². The summed E-state index contributed by atoms with van der Waals surface area (Å²) >= 11 is 11.8. The Labute approximate surface area is 219 Å². The predicted octanol–water partition coefficient (Wildman–Crippen LogP) is 6.21. The van der Waals surface area contributed by atoms with Gasteiger partial charge in [-0.15, -0.1) is 0 Å². The van der Waals surface area contributed by atoms with E-state index in [4.69, 9.17) is 32.7 Å². The van der Waals surface area contributed by atoms with Crippen molar-refractivity contribution in [3.05, 3.63) is 87.9 Å². The molecule has 194 valence electrons. The van der Waals surface area contributed by atoms with Gasteiger partial charge in [0.05, 0.1) is 21.8 Å². The van der Waals surface area contributed by atoms with E-state index >= 15 is 0 Å². The van der Waals surface area contributed by atoms with Crippen molar-refractivity contribution in [3.63, 3.8) is 0 Å². The van der Waals surface area contributed by atoms with Gasteiger partial charge in [0, 0.05) is 10.7 Å². The fraction of sp³-hybridized carbons (Fsp3) is 0.160. The second-order valence-electron chi connectivity index (χ2n) is 7.60. The molecule has 2 N–H and O–H groups in total. The highest BCUT2D eigenvalue weighted by Gasteiger charge is 2.30. The summed E-state index contributed by atoms with van der Waals surface area (Å²) in [5.74, 6) is -1.84. The first kappa shape index (κ1) is 27.8. The van der Waals surface area contributed by atoms with Crippen LogP contribution in [-0.4, -0.2) is 30.5 Å². The maximum Gasteiger partial charge on any atom is 0.416 e. The molecule has 0 radical (unpaired) electrons. The van der Waals surface area contributed by atoms with E-state index in [1.165, 1.54) is 55.5 Å². The van der Waals surface area contributed by atoms with E-state index in [0.29, 0.717) is 10.7 Å². The molecule has 0 aliphatic rings. The van der Waals surface area contributed by atoms with Crippen LogP contribution in [0, 0.1) is 0 Å². The van der Waals surface area contributed by atoms with E-state index in [0.717, 1.165) is 12.1 Å². The number of amides is 2. The minimum Gasteiger partial charge on any atom is -0.484 e. The molecule has 0 saturated carbocycles. The zero-order valence-electron chi connectivity index (χ0n) is 19.1. The molecule has 0 bridgehead atoms. The molecular weight excluding hydrogens is 536 g/mol. The Balaban J connectivity index is 1.49. The molecule has 3 aromatic carbocycles. The number of carbonyl (C=O) groups is 3. The number of esters is 1. The third-order valence-corrected chi connectivity index (χ3v) is 5.32. The summed E-state index contributed by atoms with van der Waals surface area (Å²) in [6, 6.07) is 14.2. The highest BCUT2D eigenvalue weighted by molar-refractivity contribution is 6.36. The first-order valence-electron chi connectivity index (χ1n) is 10.6. The molecule has 2 amide bonds. The lowest BCUT2D eigenvalue weighted by Crippen LogP contribution is -2.30. The number of carbonyl (C=O) groups excluding carboxylic acids is 3. The van der Waals surface area contributed by atoms with Crippen molar-refractivity contribution in [3.8, 4) is 5.75 Å². The molecule has 7 nitrogen and oxygen atoms in total. The number of rotatable bonds is 8. The molecule has 0 fully saturated rings. The Morgan fingerprint density at radius 2 is 1.65 bits per heavy atom. The van der Waals surface area contributed by atoms with Crippen LogP contribution < -0.4 is 15.4 Å². The van der Waals surface area contributed by atoms with E-state index in [1.807, 2.05) is 0 Å². The number of ether oxygens (including phenoxy) is 2. The van der Waals surface area contributed by atoms with Crippen LogP contribution >= 0.6 is 23.2 Å². The van der Waals surface area contributed by atoms with Gasteiger partial charge in [-0.25, -0.2) is 4.79 Å². The number of halogens is 5. The molecule has 0 heterocycles. The lowest BCUT2D eigenvalue weighted by molar-refractivity contribution is -0.137. The molecule has 0 saturated heterocycles. The summed E-state index contributed by atoms with van der Waals surface area (Å²) in [4.78, 5) is 36.7. The fourth-order valence-corrected chi connectivity index (χ4v) is 3.37.